The number of carboxylic acid groups (broad SMARTS) is 1. The molecular formula is C12H22N2O2. The molecule has 0 bridgehead atoms. The molecule has 2 aliphatic rings. The first-order valence-corrected chi connectivity index (χ1v) is 6.34. The highest BCUT2D eigenvalue weighted by Gasteiger charge is 2.31. The first-order valence-electron chi connectivity index (χ1n) is 6.34. The topological polar surface area (TPSA) is 52.6 Å². The van der Waals surface area contributed by atoms with Gasteiger partial charge in [-0.1, -0.05) is 6.92 Å². The number of piperidine rings is 2. The SMILES string of the molecule is CC1CCN([C@@H]2CNC[C@@H](C(=O)O)C2)CC1. The van der Waals surface area contributed by atoms with Gasteiger partial charge in [-0.05, 0) is 38.3 Å². The van der Waals surface area contributed by atoms with E-state index in [1.165, 1.54) is 12.8 Å². The molecule has 0 amide bonds. The van der Waals surface area contributed by atoms with Gasteiger partial charge in [0.1, 0.15) is 0 Å². The summed E-state index contributed by atoms with van der Waals surface area (Å²) in [4.78, 5) is 13.5. The highest BCUT2D eigenvalue weighted by molar-refractivity contribution is 5.70. The fourth-order valence-electron chi connectivity index (χ4n) is 2.78. The Hall–Kier alpha value is -0.610. The van der Waals surface area contributed by atoms with Gasteiger partial charge in [-0.15, -0.1) is 0 Å². The number of hydrogen-bond donors (Lipinski definition) is 2. The van der Waals surface area contributed by atoms with Gasteiger partial charge in [0, 0.05) is 19.1 Å². The first kappa shape index (κ1) is 11.9. The van der Waals surface area contributed by atoms with Crippen molar-refractivity contribution in [3.63, 3.8) is 0 Å². The summed E-state index contributed by atoms with van der Waals surface area (Å²) >= 11 is 0. The zero-order valence-corrected chi connectivity index (χ0v) is 9.98. The van der Waals surface area contributed by atoms with Crippen LogP contribution in [0.15, 0.2) is 0 Å². The molecule has 4 nitrogen and oxygen atoms in total. The molecule has 92 valence electrons. The standard InChI is InChI=1S/C12H22N2O2/c1-9-2-4-14(5-3-9)11-6-10(12(15)16)7-13-8-11/h9-11,13H,2-8H2,1H3,(H,15,16)/t10-,11-/m0/s1. The average Bonchev–Trinajstić information content (AvgIpc) is 2.30. The molecule has 2 saturated heterocycles. The summed E-state index contributed by atoms with van der Waals surface area (Å²) in [5.41, 5.74) is 0. The third kappa shape index (κ3) is 2.74. The second-order valence-corrected chi connectivity index (χ2v) is 5.30. The van der Waals surface area contributed by atoms with Gasteiger partial charge < -0.3 is 10.4 Å². The van der Waals surface area contributed by atoms with Crippen molar-refractivity contribution in [1.82, 2.24) is 10.2 Å². The van der Waals surface area contributed by atoms with Gasteiger partial charge in [-0.2, -0.15) is 0 Å². The highest BCUT2D eigenvalue weighted by Crippen LogP contribution is 2.22. The predicted molar refractivity (Wildman–Crippen MR) is 62.4 cm³/mol. The molecule has 0 saturated carbocycles. The van der Waals surface area contributed by atoms with E-state index in [4.69, 9.17) is 5.11 Å². The van der Waals surface area contributed by atoms with Crippen molar-refractivity contribution < 1.29 is 9.90 Å². The lowest BCUT2D eigenvalue weighted by Crippen LogP contribution is -2.52. The molecular weight excluding hydrogens is 204 g/mol. The van der Waals surface area contributed by atoms with Crippen molar-refractivity contribution in [2.45, 2.75) is 32.2 Å². The normalized spacial score (nSPS) is 33.8. The molecule has 2 N–H and O–H groups in total. The van der Waals surface area contributed by atoms with E-state index in [2.05, 4.69) is 17.1 Å². The number of nitrogens with one attached hydrogen (secondary N) is 1. The van der Waals surface area contributed by atoms with Crippen LogP contribution in [0, 0.1) is 11.8 Å². The van der Waals surface area contributed by atoms with Crippen LogP contribution in [0.4, 0.5) is 0 Å². The summed E-state index contributed by atoms with van der Waals surface area (Å²) in [5.74, 6) is -0.0104. The first-order chi connectivity index (χ1) is 7.66. The highest BCUT2D eigenvalue weighted by atomic mass is 16.4. The molecule has 0 unspecified atom stereocenters. The molecule has 0 aromatic heterocycles. The zero-order valence-electron chi connectivity index (χ0n) is 9.98. The van der Waals surface area contributed by atoms with Crippen LogP contribution >= 0.6 is 0 Å². The Morgan fingerprint density at radius 1 is 1.31 bits per heavy atom. The number of nitrogens with zero attached hydrogens (tertiary/aromatic N) is 1. The molecule has 0 aromatic rings. The quantitative estimate of drug-likeness (QED) is 0.730. The van der Waals surface area contributed by atoms with Crippen LogP contribution in [0.2, 0.25) is 0 Å². The maximum Gasteiger partial charge on any atom is 0.307 e. The Kier molecular flexibility index (Phi) is 3.82. The minimum Gasteiger partial charge on any atom is -0.481 e. The van der Waals surface area contributed by atoms with Crippen molar-refractivity contribution in [1.29, 1.82) is 0 Å². The smallest absolute Gasteiger partial charge is 0.307 e. The van der Waals surface area contributed by atoms with Gasteiger partial charge in [0.05, 0.1) is 5.92 Å². The minimum absolute atomic E-state index is 0.196. The second-order valence-electron chi connectivity index (χ2n) is 5.30. The number of hydrogen-bond acceptors (Lipinski definition) is 3. The summed E-state index contributed by atoms with van der Waals surface area (Å²) < 4.78 is 0. The summed E-state index contributed by atoms with van der Waals surface area (Å²) in [6, 6.07) is 0.433. The number of carbonyl (C=O) groups is 1. The van der Waals surface area contributed by atoms with Gasteiger partial charge in [0.25, 0.3) is 0 Å². The number of aliphatic carboxylic acids is 1. The van der Waals surface area contributed by atoms with Crippen LogP contribution in [0.1, 0.15) is 26.2 Å². The van der Waals surface area contributed by atoms with Gasteiger partial charge >= 0.3 is 5.97 Å². The Morgan fingerprint density at radius 3 is 2.62 bits per heavy atom. The summed E-state index contributed by atoms with van der Waals surface area (Å²) in [5, 5.41) is 12.3. The average molecular weight is 226 g/mol. The van der Waals surface area contributed by atoms with Crippen molar-refractivity contribution >= 4 is 5.97 Å². The van der Waals surface area contributed by atoms with E-state index in [1.54, 1.807) is 0 Å². The molecule has 2 atom stereocenters. The van der Waals surface area contributed by atoms with Crippen molar-refractivity contribution in [2.75, 3.05) is 26.2 Å². The summed E-state index contributed by atoms with van der Waals surface area (Å²) in [7, 11) is 0. The maximum atomic E-state index is 11.0. The molecule has 0 aromatic carbocycles. The van der Waals surface area contributed by atoms with E-state index in [-0.39, 0.29) is 5.92 Å². The minimum atomic E-state index is -0.650. The third-order valence-electron chi connectivity index (χ3n) is 4.01. The van der Waals surface area contributed by atoms with E-state index in [0.717, 1.165) is 32.0 Å². The summed E-state index contributed by atoms with van der Waals surface area (Å²) in [6.07, 6.45) is 3.33. The monoisotopic (exact) mass is 226 g/mol. The number of rotatable bonds is 2. The second kappa shape index (κ2) is 5.15. The largest absolute Gasteiger partial charge is 0.481 e. The molecule has 2 heterocycles. The fourth-order valence-corrected chi connectivity index (χ4v) is 2.78. The maximum absolute atomic E-state index is 11.0. The lowest BCUT2D eigenvalue weighted by Gasteiger charge is -2.40. The van der Waals surface area contributed by atoms with Gasteiger partial charge in [0.2, 0.25) is 0 Å². The van der Waals surface area contributed by atoms with Gasteiger partial charge in [-0.25, -0.2) is 0 Å². The van der Waals surface area contributed by atoms with Crippen LogP contribution in [0.25, 0.3) is 0 Å². The molecule has 0 radical (unpaired) electrons. The van der Waals surface area contributed by atoms with Crippen LogP contribution in [0.3, 0.4) is 0 Å². The van der Waals surface area contributed by atoms with Gasteiger partial charge in [0.15, 0.2) is 0 Å². The molecule has 0 spiro atoms. The predicted octanol–water partition coefficient (Wildman–Crippen LogP) is 0.781. The van der Waals surface area contributed by atoms with E-state index in [1.807, 2.05) is 0 Å². The fraction of sp³-hybridized carbons (Fsp3) is 0.917. The van der Waals surface area contributed by atoms with E-state index in [9.17, 15) is 4.79 Å². The molecule has 16 heavy (non-hydrogen) atoms. The number of likely N-dealkylation sites (tertiary alicyclic amines) is 1. The Balaban J connectivity index is 1.87. The lowest BCUT2D eigenvalue weighted by atomic mass is 9.91. The van der Waals surface area contributed by atoms with E-state index < -0.39 is 5.97 Å². The Labute approximate surface area is 97.0 Å². The van der Waals surface area contributed by atoms with Crippen molar-refractivity contribution in [3.05, 3.63) is 0 Å². The molecule has 2 aliphatic heterocycles. The summed E-state index contributed by atoms with van der Waals surface area (Å²) in [6.45, 7) is 6.17. The number of carboxylic acids is 1. The van der Waals surface area contributed by atoms with E-state index in [0.29, 0.717) is 12.6 Å². The molecule has 2 fully saturated rings. The molecule has 4 heteroatoms. The lowest BCUT2D eigenvalue weighted by molar-refractivity contribution is -0.143. The molecule has 2 rings (SSSR count). The van der Waals surface area contributed by atoms with Crippen LogP contribution in [-0.4, -0.2) is 48.2 Å². The van der Waals surface area contributed by atoms with Crippen LogP contribution < -0.4 is 5.32 Å². The van der Waals surface area contributed by atoms with Gasteiger partial charge in [-0.3, -0.25) is 9.69 Å². The third-order valence-corrected chi connectivity index (χ3v) is 4.01. The van der Waals surface area contributed by atoms with E-state index >= 15 is 0 Å². The van der Waals surface area contributed by atoms with Crippen molar-refractivity contribution in [3.8, 4) is 0 Å². The Morgan fingerprint density at radius 2 is 2.00 bits per heavy atom. The molecule has 0 aliphatic carbocycles. The Bertz CT molecular complexity index is 249. The zero-order chi connectivity index (χ0) is 11.5. The van der Waals surface area contributed by atoms with Crippen LogP contribution in [-0.2, 0) is 4.79 Å². The van der Waals surface area contributed by atoms with Crippen LogP contribution in [0.5, 0.6) is 0 Å². The van der Waals surface area contributed by atoms with Crippen molar-refractivity contribution in [2.24, 2.45) is 11.8 Å².